The number of aromatic nitrogens is 1. The van der Waals surface area contributed by atoms with Crippen molar-refractivity contribution in [1.29, 1.82) is 0 Å². The van der Waals surface area contributed by atoms with E-state index in [1.54, 1.807) is 12.1 Å². The highest BCUT2D eigenvalue weighted by Gasteiger charge is 2.27. The number of pyridine rings is 1. The molecule has 0 aliphatic heterocycles. The van der Waals surface area contributed by atoms with Crippen LogP contribution in [-0.4, -0.2) is 22.0 Å². The van der Waals surface area contributed by atoms with Crippen molar-refractivity contribution in [3.05, 3.63) is 74.5 Å². The number of aryl methyl sites for hydroxylation is 2. The fourth-order valence-corrected chi connectivity index (χ4v) is 4.61. The summed E-state index contributed by atoms with van der Waals surface area (Å²) < 4.78 is 0. The van der Waals surface area contributed by atoms with E-state index in [4.69, 9.17) is 11.6 Å². The van der Waals surface area contributed by atoms with Gasteiger partial charge in [-0.25, -0.2) is 4.79 Å². The van der Waals surface area contributed by atoms with Crippen LogP contribution in [0.3, 0.4) is 0 Å². The van der Waals surface area contributed by atoms with Crippen LogP contribution in [0, 0.1) is 13.8 Å². The van der Waals surface area contributed by atoms with Crippen molar-refractivity contribution in [2.24, 2.45) is 0 Å². The maximum absolute atomic E-state index is 13.3. The van der Waals surface area contributed by atoms with E-state index in [1.165, 1.54) is 6.42 Å². The molecule has 5 nitrogen and oxygen atoms in total. The minimum absolute atomic E-state index is 0.102. The number of H-pyrrole nitrogens is 1. The van der Waals surface area contributed by atoms with E-state index < -0.39 is 0 Å². The van der Waals surface area contributed by atoms with Gasteiger partial charge in [-0.1, -0.05) is 55.1 Å². The maximum Gasteiger partial charge on any atom is 0.322 e. The fraction of sp³-hybridized carbons (Fsp3) is 0.360. The van der Waals surface area contributed by atoms with Gasteiger partial charge in [0.1, 0.15) is 0 Å². The summed E-state index contributed by atoms with van der Waals surface area (Å²) in [4.78, 5) is 31.1. The predicted molar refractivity (Wildman–Crippen MR) is 127 cm³/mol. The first-order valence-electron chi connectivity index (χ1n) is 10.9. The molecule has 0 spiro atoms. The summed E-state index contributed by atoms with van der Waals surface area (Å²) >= 11 is 6.25. The van der Waals surface area contributed by atoms with Crippen molar-refractivity contribution >= 4 is 34.2 Å². The van der Waals surface area contributed by atoms with Crippen LogP contribution in [0.1, 0.15) is 48.8 Å². The molecule has 1 aliphatic rings. The number of amides is 2. The molecule has 0 bridgehead atoms. The van der Waals surface area contributed by atoms with Crippen molar-refractivity contribution < 1.29 is 4.79 Å². The second-order valence-corrected chi connectivity index (χ2v) is 8.85. The molecule has 2 amide bonds. The van der Waals surface area contributed by atoms with Gasteiger partial charge in [-0.15, -0.1) is 0 Å². The number of urea groups is 1. The zero-order chi connectivity index (χ0) is 22.0. The lowest BCUT2D eigenvalue weighted by molar-refractivity contribution is 0.162. The first-order valence-corrected chi connectivity index (χ1v) is 11.3. The van der Waals surface area contributed by atoms with Crippen molar-refractivity contribution in [2.45, 2.75) is 58.5 Å². The van der Waals surface area contributed by atoms with E-state index in [1.807, 2.05) is 43.0 Å². The summed E-state index contributed by atoms with van der Waals surface area (Å²) in [7, 11) is 0. The molecule has 0 saturated heterocycles. The molecular formula is C25H28ClN3O2. The van der Waals surface area contributed by atoms with Crippen LogP contribution in [0.2, 0.25) is 5.02 Å². The van der Waals surface area contributed by atoms with Gasteiger partial charge in [0.25, 0.3) is 5.56 Å². The van der Waals surface area contributed by atoms with Crippen LogP contribution in [-0.2, 0) is 6.54 Å². The number of aromatic amines is 1. The van der Waals surface area contributed by atoms with Crippen LogP contribution in [0.5, 0.6) is 0 Å². The Kier molecular flexibility index (Phi) is 6.33. The van der Waals surface area contributed by atoms with Gasteiger partial charge in [-0.3, -0.25) is 4.79 Å². The number of hydrogen-bond acceptors (Lipinski definition) is 2. The summed E-state index contributed by atoms with van der Waals surface area (Å²) in [6, 6.07) is 13.1. The Morgan fingerprint density at radius 1 is 1.10 bits per heavy atom. The molecule has 1 aliphatic carbocycles. The molecule has 2 aromatic carbocycles. The quantitative estimate of drug-likeness (QED) is 0.512. The van der Waals surface area contributed by atoms with Crippen LogP contribution in [0.15, 0.2) is 47.3 Å². The van der Waals surface area contributed by atoms with Crippen molar-refractivity contribution in [1.82, 2.24) is 9.88 Å². The first kappa shape index (κ1) is 21.4. The van der Waals surface area contributed by atoms with E-state index in [2.05, 4.69) is 16.4 Å². The predicted octanol–water partition coefficient (Wildman–Crippen LogP) is 6.17. The topological polar surface area (TPSA) is 65.2 Å². The molecule has 1 heterocycles. The second-order valence-electron chi connectivity index (χ2n) is 8.44. The second kappa shape index (κ2) is 9.15. The lowest BCUT2D eigenvalue weighted by atomic mass is 9.94. The number of nitrogens with one attached hydrogen (secondary N) is 2. The first-order chi connectivity index (χ1) is 14.9. The Morgan fingerprint density at radius 3 is 2.55 bits per heavy atom. The van der Waals surface area contributed by atoms with Gasteiger partial charge >= 0.3 is 6.03 Å². The van der Waals surface area contributed by atoms with Crippen LogP contribution < -0.4 is 10.9 Å². The summed E-state index contributed by atoms with van der Waals surface area (Å²) in [5.41, 5.74) is 4.02. The third-order valence-corrected chi connectivity index (χ3v) is 6.58. The van der Waals surface area contributed by atoms with E-state index in [-0.39, 0.29) is 24.2 Å². The van der Waals surface area contributed by atoms with E-state index in [0.29, 0.717) is 16.3 Å². The molecule has 0 atom stereocenters. The van der Waals surface area contributed by atoms with E-state index in [0.717, 1.165) is 47.7 Å². The van der Waals surface area contributed by atoms with Crippen LogP contribution in [0.4, 0.5) is 10.5 Å². The number of rotatable bonds is 4. The third kappa shape index (κ3) is 4.62. The highest BCUT2D eigenvalue weighted by atomic mass is 35.5. The zero-order valence-corrected chi connectivity index (χ0v) is 18.8. The number of anilines is 1. The Bertz CT molecular complexity index is 1170. The molecule has 1 fully saturated rings. The number of hydrogen-bond donors (Lipinski definition) is 2. The highest BCUT2D eigenvalue weighted by Crippen LogP contribution is 2.27. The molecule has 3 aromatic rings. The standard InChI is InChI=1S/C25H28ClN3O2/c1-16-12-13-17(2)23-20(16)14-18(24(30)28-23)15-29(19-8-4-3-5-9-19)25(31)27-22-11-7-6-10-21(22)26/h6-7,10-14,19H,3-5,8-9,15H2,1-2H3,(H,27,31)(H,28,30). The SMILES string of the molecule is Cc1ccc(C)c2[nH]c(=O)c(CN(C(=O)Nc3ccccc3Cl)C3CCCCC3)cc12. The third-order valence-electron chi connectivity index (χ3n) is 6.25. The van der Waals surface area contributed by atoms with Gasteiger partial charge in [0.05, 0.1) is 22.8 Å². The fourth-order valence-electron chi connectivity index (χ4n) is 4.43. The summed E-state index contributed by atoms with van der Waals surface area (Å²) in [6.45, 7) is 4.29. The lowest BCUT2D eigenvalue weighted by Crippen LogP contribution is -2.44. The van der Waals surface area contributed by atoms with Crippen molar-refractivity contribution in [3.63, 3.8) is 0 Å². The molecule has 1 aromatic heterocycles. The normalized spacial score (nSPS) is 14.5. The number of para-hydroxylation sites is 1. The Labute approximate surface area is 187 Å². The number of halogens is 1. The van der Waals surface area contributed by atoms with Gasteiger partial charge in [0.2, 0.25) is 0 Å². The Balaban J connectivity index is 1.68. The molecule has 0 radical (unpaired) electrons. The molecule has 4 rings (SSSR count). The van der Waals surface area contributed by atoms with E-state index in [9.17, 15) is 9.59 Å². The lowest BCUT2D eigenvalue weighted by Gasteiger charge is -2.34. The van der Waals surface area contributed by atoms with Crippen molar-refractivity contribution in [3.8, 4) is 0 Å². The van der Waals surface area contributed by atoms with Gasteiger partial charge in [0.15, 0.2) is 0 Å². The summed E-state index contributed by atoms with van der Waals surface area (Å²) in [5, 5.41) is 4.46. The highest BCUT2D eigenvalue weighted by molar-refractivity contribution is 6.33. The summed E-state index contributed by atoms with van der Waals surface area (Å²) in [6.07, 6.45) is 5.25. The average Bonchev–Trinajstić information content (AvgIpc) is 2.77. The monoisotopic (exact) mass is 437 g/mol. The minimum Gasteiger partial charge on any atom is -0.321 e. The maximum atomic E-state index is 13.3. The number of benzene rings is 2. The van der Waals surface area contributed by atoms with Gasteiger partial charge in [-0.05, 0) is 56.0 Å². The molecule has 31 heavy (non-hydrogen) atoms. The Hall–Kier alpha value is -2.79. The molecule has 1 saturated carbocycles. The molecule has 2 N–H and O–H groups in total. The average molecular weight is 438 g/mol. The van der Waals surface area contributed by atoms with Crippen molar-refractivity contribution in [2.75, 3.05) is 5.32 Å². The largest absolute Gasteiger partial charge is 0.322 e. The number of carbonyl (C=O) groups is 1. The number of nitrogens with zero attached hydrogens (tertiary/aromatic N) is 1. The summed E-state index contributed by atoms with van der Waals surface area (Å²) in [5.74, 6) is 0. The van der Waals surface area contributed by atoms with Crippen LogP contribution in [0.25, 0.3) is 10.9 Å². The minimum atomic E-state index is -0.222. The van der Waals surface area contributed by atoms with Gasteiger partial charge < -0.3 is 15.2 Å². The number of fused-ring (bicyclic) bond motifs is 1. The van der Waals surface area contributed by atoms with Crippen LogP contribution >= 0.6 is 11.6 Å². The zero-order valence-electron chi connectivity index (χ0n) is 18.0. The smallest absolute Gasteiger partial charge is 0.321 e. The van der Waals surface area contributed by atoms with Gasteiger partial charge in [0, 0.05) is 17.0 Å². The van der Waals surface area contributed by atoms with Gasteiger partial charge in [-0.2, -0.15) is 0 Å². The molecule has 162 valence electrons. The van der Waals surface area contributed by atoms with E-state index >= 15 is 0 Å². The number of carbonyl (C=O) groups excluding carboxylic acids is 1. The Morgan fingerprint density at radius 2 is 1.81 bits per heavy atom. The molecular weight excluding hydrogens is 410 g/mol. The molecule has 0 unspecified atom stereocenters. The molecule has 6 heteroatoms.